The van der Waals surface area contributed by atoms with Gasteiger partial charge >= 0.3 is 11.9 Å². The van der Waals surface area contributed by atoms with E-state index in [1.54, 1.807) is 11.8 Å². The number of carbonyl (C=O) groups excluding carboxylic acids is 3. The first kappa shape index (κ1) is 15.7. The second-order valence-electron chi connectivity index (χ2n) is 4.71. The van der Waals surface area contributed by atoms with Crippen LogP contribution in [-0.2, 0) is 19.1 Å². The molecule has 0 aliphatic carbocycles. The van der Waals surface area contributed by atoms with Crippen LogP contribution in [0.3, 0.4) is 0 Å². The number of rotatable bonds is 2. The average molecular weight is 307 g/mol. The molecule has 0 atom stereocenters. The molecule has 1 aromatic heterocycles. The zero-order valence-corrected chi connectivity index (χ0v) is 12.4. The first-order valence-corrected chi connectivity index (χ1v) is 6.73. The lowest BCUT2D eigenvalue weighted by Gasteiger charge is -2.34. The van der Waals surface area contributed by atoms with Crippen molar-refractivity contribution in [3.63, 3.8) is 0 Å². The summed E-state index contributed by atoms with van der Waals surface area (Å²) >= 11 is 0. The molecule has 1 N–H and O–H groups in total. The van der Waals surface area contributed by atoms with Gasteiger partial charge in [-0.15, -0.1) is 0 Å². The van der Waals surface area contributed by atoms with E-state index >= 15 is 0 Å². The van der Waals surface area contributed by atoms with Gasteiger partial charge in [0.05, 0.1) is 25.2 Å². The number of piperazine rings is 1. The molecule has 0 radical (unpaired) electrons. The molecular formula is C13H17N5O4. The molecule has 0 bridgehead atoms. The van der Waals surface area contributed by atoms with Crippen molar-refractivity contribution in [2.75, 3.05) is 43.5 Å². The van der Waals surface area contributed by atoms with E-state index in [2.05, 4.69) is 20.0 Å². The number of hydrogen-bond acceptors (Lipinski definition) is 7. The predicted octanol–water partition coefficient (Wildman–Crippen LogP) is -0.743. The molecular weight excluding hydrogens is 290 g/mol. The Morgan fingerprint density at radius 3 is 2.23 bits per heavy atom. The summed E-state index contributed by atoms with van der Waals surface area (Å²) in [5.41, 5.74) is 0.307. The fourth-order valence-electron chi connectivity index (χ4n) is 2.05. The van der Waals surface area contributed by atoms with Crippen molar-refractivity contribution in [3.05, 3.63) is 12.4 Å². The molecule has 2 rings (SSSR count). The fourth-order valence-corrected chi connectivity index (χ4v) is 2.05. The summed E-state index contributed by atoms with van der Waals surface area (Å²) in [6.07, 6.45) is 2.83. The highest BCUT2D eigenvalue weighted by Gasteiger charge is 2.20. The van der Waals surface area contributed by atoms with Gasteiger partial charge in [0.2, 0.25) is 11.9 Å². The van der Waals surface area contributed by atoms with E-state index in [1.165, 1.54) is 12.4 Å². The molecule has 1 aliphatic rings. The van der Waals surface area contributed by atoms with E-state index in [4.69, 9.17) is 0 Å². The summed E-state index contributed by atoms with van der Waals surface area (Å²) in [4.78, 5) is 45.6. The number of amides is 2. The Labute approximate surface area is 127 Å². The van der Waals surface area contributed by atoms with Gasteiger partial charge in [-0.3, -0.25) is 9.59 Å². The number of anilines is 2. The van der Waals surface area contributed by atoms with E-state index in [9.17, 15) is 14.4 Å². The van der Waals surface area contributed by atoms with Gasteiger partial charge in [-0.25, -0.2) is 14.8 Å². The number of hydrogen-bond donors (Lipinski definition) is 1. The summed E-state index contributed by atoms with van der Waals surface area (Å²) in [6.45, 7) is 4.09. The van der Waals surface area contributed by atoms with Crippen LogP contribution >= 0.6 is 0 Å². The molecule has 0 unspecified atom stereocenters. The average Bonchev–Trinajstić information content (AvgIpc) is 2.54. The molecule has 2 heterocycles. The van der Waals surface area contributed by atoms with Crippen molar-refractivity contribution >= 4 is 29.4 Å². The highest BCUT2D eigenvalue weighted by atomic mass is 16.5. The maximum atomic E-state index is 11.3. The molecule has 2 amide bonds. The molecule has 22 heavy (non-hydrogen) atoms. The molecule has 0 aromatic carbocycles. The van der Waals surface area contributed by atoms with Crippen molar-refractivity contribution in [3.8, 4) is 0 Å². The third kappa shape index (κ3) is 3.68. The van der Waals surface area contributed by atoms with Crippen LogP contribution in [0.4, 0.5) is 11.6 Å². The largest absolute Gasteiger partial charge is 0.462 e. The maximum absolute atomic E-state index is 11.3. The van der Waals surface area contributed by atoms with Crippen LogP contribution in [-0.4, -0.2) is 65.9 Å². The van der Waals surface area contributed by atoms with Gasteiger partial charge in [0, 0.05) is 33.1 Å². The number of nitrogens with zero attached hydrogens (tertiary/aromatic N) is 4. The van der Waals surface area contributed by atoms with Crippen molar-refractivity contribution < 1.29 is 19.1 Å². The van der Waals surface area contributed by atoms with Crippen molar-refractivity contribution in [2.24, 2.45) is 0 Å². The van der Waals surface area contributed by atoms with E-state index in [1.807, 2.05) is 4.90 Å². The number of nitrogens with one attached hydrogen (secondary N) is 1. The van der Waals surface area contributed by atoms with Gasteiger partial charge in [-0.1, -0.05) is 0 Å². The summed E-state index contributed by atoms with van der Waals surface area (Å²) in [6, 6.07) is 0. The Hall–Kier alpha value is -2.71. The topological polar surface area (TPSA) is 105 Å². The molecule has 1 fully saturated rings. The summed E-state index contributed by atoms with van der Waals surface area (Å²) in [7, 11) is 1.13. The third-order valence-electron chi connectivity index (χ3n) is 3.27. The molecule has 0 spiro atoms. The Balaban J connectivity index is 1.94. The zero-order chi connectivity index (χ0) is 16.1. The quantitative estimate of drug-likeness (QED) is 0.566. The first-order valence-electron chi connectivity index (χ1n) is 6.73. The number of esters is 1. The van der Waals surface area contributed by atoms with Crippen LogP contribution < -0.4 is 10.2 Å². The summed E-state index contributed by atoms with van der Waals surface area (Å²) in [5, 5.41) is 2.33. The standard InChI is InChI=1S/C13H17N5O4/c1-9(19)17-3-5-18(6-4-17)13-14-7-10(8-15-13)16-11(20)12(21)22-2/h7-8H,3-6H2,1-2H3,(H,16,20). The van der Waals surface area contributed by atoms with Gasteiger partial charge in [0.15, 0.2) is 0 Å². The normalized spacial score (nSPS) is 14.5. The van der Waals surface area contributed by atoms with E-state index < -0.39 is 11.9 Å². The van der Waals surface area contributed by atoms with Crippen LogP contribution in [0.25, 0.3) is 0 Å². The van der Waals surface area contributed by atoms with Gasteiger partial charge in [0.25, 0.3) is 0 Å². The molecule has 9 nitrogen and oxygen atoms in total. The second-order valence-corrected chi connectivity index (χ2v) is 4.71. The smallest absolute Gasteiger partial charge is 0.396 e. The highest BCUT2D eigenvalue weighted by molar-refractivity contribution is 6.37. The van der Waals surface area contributed by atoms with Crippen molar-refractivity contribution in [1.82, 2.24) is 14.9 Å². The second kappa shape index (κ2) is 6.83. The van der Waals surface area contributed by atoms with Crippen LogP contribution in [0.1, 0.15) is 6.92 Å². The van der Waals surface area contributed by atoms with Crippen LogP contribution in [0.2, 0.25) is 0 Å². The third-order valence-corrected chi connectivity index (χ3v) is 3.27. The number of aromatic nitrogens is 2. The molecule has 118 valence electrons. The van der Waals surface area contributed by atoms with Crippen molar-refractivity contribution in [1.29, 1.82) is 0 Å². The Morgan fingerprint density at radius 2 is 1.73 bits per heavy atom. The lowest BCUT2D eigenvalue weighted by Crippen LogP contribution is -2.48. The minimum atomic E-state index is -0.982. The van der Waals surface area contributed by atoms with Crippen molar-refractivity contribution in [2.45, 2.75) is 6.92 Å². The maximum Gasteiger partial charge on any atom is 0.396 e. The zero-order valence-electron chi connectivity index (χ0n) is 12.4. The highest BCUT2D eigenvalue weighted by Crippen LogP contribution is 2.13. The van der Waals surface area contributed by atoms with Gasteiger partial charge < -0.3 is 19.9 Å². The minimum absolute atomic E-state index is 0.0569. The van der Waals surface area contributed by atoms with Gasteiger partial charge in [0.1, 0.15) is 0 Å². The van der Waals surface area contributed by atoms with E-state index in [-0.39, 0.29) is 5.91 Å². The Bertz CT molecular complexity index is 566. The van der Waals surface area contributed by atoms with Crippen LogP contribution in [0.5, 0.6) is 0 Å². The summed E-state index contributed by atoms with van der Waals surface area (Å²) in [5.74, 6) is -1.29. The molecule has 1 aromatic rings. The first-order chi connectivity index (χ1) is 10.5. The Morgan fingerprint density at radius 1 is 1.14 bits per heavy atom. The number of carbonyl (C=O) groups is 3. The molecule has 1 aliphatic heterocycles. The van der Waals surface area contributed by atoms with Crippen LogP contribution in [0.15, 0.2) is 12.4 Å². The van der Waals surface area contributed by atoms with Gasteiger partial charge in [-0.2, -0.15) is 0 Å². The van der Waals surface area contributed by atoms with Crippen LogP contribution in [0, 0.1) is 0 Å². The van der Waals surface area contributed by atoms with E-state index in [0.29, 0.717) is 37.8 Å². The number of ether oxygens (including phenoxy) is 1. The molecule has 1 saturated heterocycles. The fraction of sp³-hybridized carbons (Fsp3) is 0.462. The lowest BCUT2D eigenvalue weighted by molar-refractivity contribution is -0.150. The minimum Gasteiger partial charge on any atom is -0.462 e. The number of methoxy groups -OCH3 is 1. The van der Waals surface area contributed by atoms with E-state index in [0.717, 1.165) is 7.11 Å². The SMILES string of the molecule is COC(=O)C(=O)Nc1cnc(N2CCN(C(C)=O)CC2)nc1. The Kier molecular flexibility index (Phi) is 4.87. The molecule has 0 saturated carbocycles. The molecule has 9 heteroatoms. The lowest BCUT2D eigenvalue weighted by atomic mass is 10.3. The monoisotopic (exact) mass is 307 g/mol. The van der Waals surface area contributed by atoms with Gasteiger partial charge in [-0.05, 0) is 0 Å². The summed E-state index contributed by atoms with van der Waals surface area (Å²) < 4.78 is 4.30. The predicted molar refractivity (Wildman–Crippen MR) is 77.1 cm³/mol.